The average molecular weight is 314 g/mol. The number of carboxylic acid groups (broad SMARTS) is 1. The van der Waals surface area contributed by atoms with E-state index < -0.39 is 5.97 Å². The Balaban J connectivity index is 2.20. The van der Waals surface area contributed by atoms with Gasteiger partial charge in [-0.05, 0) is 37.3 Å². The SMILES string of the molecule is CSc1ccc(Cl)c(C(=O)N(CCC(=O)O)C2CC2)c1. The van der Waals surface area contributed by atoms with Crippen molar-refractivity contribution >= 4 is 35.2 Å². The minimum Gasteiger partial charge on any atom is -0.481 e. The van der Waals surface area contributed by atoms with Crippen LogP contribution in [0.1, 0.15) is 29.6 Å². The lowest BCUT2D eigenvalue weighted by atomic mass is 10.2. The second-order valence-electron chi connectivity index (χ2n) is 4.72. The fourth-order valence-corrected chi connectivity index (χ4v) is 2.64. The number of aliphatic carboxylic acids is 1. The van der Waals surface area contributed by atoms with Crippen LogP contribution in [0.3, 0.4) is 0 Å². The van der Waals surface area contributed by atoms with Crippen molar-refractivity contribution in [2.24, 2.45) is 0 Å². The summed E-state index contributed by atoms with van der Waals surface area (Å²) in [4.78, 5) is 25.9. The number of benzene rings is 1. The molecule has 0 atom stereocenters. The second-order valence-corrected chi connectivity index (χ2v) is 6.01. The highest BCUT2D eigenvalue weighted by molar-refractivity contribution is 7.98. The van der Waals surface area contributed by atoms with Crippen molar-refractivity contribution in [2.75, 3.05) is 12.8 Å². The van der Waals surface area contributed by atoms with Crippen LogP contribution in [0.5, 0.6) is 0 Å². The van der Waals surface area contributed by atoms with Crippen LogP contribution in [-0.2, 0) is 4.79 Å². The molecule has 108 valence electrons. The second kappa shape index (κ2) is 6.50. The van der Waals surface area contributed by atoms with Gasteiger partial charge in [0.2, 0.25) is 0 Å². The summed E-state index contributed by atoms with van der Waals surface area (Å²) in [5.74, 6) is -1.07. The van der Waals surface area contributed by atoms with E-state index in [1.807, 2.05) is 12.3 Å². The van der Waals surface area contributed by atoms with Crippen molar-refractivity contribution in [3.05, 3.63) is 28.8 Å². The van der Waals surface area contributed by atoms with Gasteiger partial charge in [0.25, 0.3) is 5.91 Å². The fraction of sp³-hybridized carbons (Fsp3) is 0.429. The zero-order chi connectivity index (χ0) is 14.7. The molecule has 1 amide bonds. The van der Waals surface area contributed by atoms with Crippen LogP contribution < -0.4 is 0 Å². The van der Waals surface area contributed by atoms with Gasteiger partial charge in [0, 0.05) is 17.5 Å². The van der Waals surface area contributed by atoms with Crippen LogP contribution in [0.2, 0.25) is 5.02 Å². The van der Waals surface area contributed by atoms with Gasteiger partial charge in [-0.25, -0.2) is 0 Å². The van der Waals surface area contributed by atoms with Gasteiger partial charge in [-0.1, -0.05) is 11.6 Å². The van der Waals surface area contributed by atoms with Crippen molar-refractivity contribution < 1.29 is 14.7 Å². The lowest BCUT2D eigenvalue weighted by Crippen LogP contribution is -2.35. The van der Waals surface area contributed by atoms with E-state index in [4.69, 9.17) is 16.7 Å². The van der Waals surface area contributed by atoms with Crippen LogP contribution in [0, 0.1) is 0 Å². The van der Waals surface area contributed by atoms with E-state index in [9.17, 15) is 9.59 Å². The van der Waals surface area contributed by atoms with Crippen LogP contribution in [0.25, 0.3) is 0 Å². The quantitative estimate of drug-likeness (QED) is 0.820. The highest BCUT2D eigenvalue weighted by Gasteiger charge is 2.33. The average Bonchev–Trinajstić information content (AvgIpc) is 3.23. The zero-order valence-corrected chi connectivity index (χ0v) is 12.7. The maximum Gasteiger partial charge on any atom is 0.305 e. The number of rotatable bonds is 6. The molecule has 1 saturated carbocycles. The van der Waals surface area contributed by atoms with Gasteiger partial charge in [0.1, 0.15) is 0 Å². The molecule has 0 unspecified atom stereocenters. The largest absolute Gasteiger partial charge is 0.481 e. The normalized spacial score (nSPS) is 14.1. The van der Waals surface area contributed by atoms with E-state index in [1.54, 1.807) is 17.0 Å². The third kappa shape index (κ3) is 3.67. The number of hydrogen-bond donors (Lipinski definition) is 1. The van der Waals surface area contributed by atoms with Crippen LogP contribution in [-0.4, -0.2) is 40.7 Å². The monoisotopic (exact) mass is 313 g/mol. The van der Waals surface area contributed by atoms with Crippen molar-refractivity contribution in [2.45, 2.75) is 30.2 Å². The molecule has 0 saturated heterocycles. The lowest BCUT2D eigenvalue weighted by Gasteiger charge is -2.22. The van der Waals surface area contributed by atoms with Crippen molar-refractivity contribution in [1.82, 2.24) is 4.90 Å². The Hall–Kier alpha value is -1.20. The summed E-state index contributed by atoms with van der Waals surface area (Å²) in [6, 6.07) is 5.51. The zero-order valence-electron chi connectivity index (χ0n) is 11.1. The summed E-state index contributed by atoms with van der Waals surface area (Å²) < 4.78 is 0. The van der Waals surface area contributed by atoms with Crippen LogP contribution in [0.4, 0.5) is 0 Å². The molecule has 20 heavy (non-hydrogen) atoms. The van der Waals surface area contributed by atoms with E-state index >= 15 is 0 Å². The molecule has 4 nitrogen and oxygen atoms in total. The third-order valence-corrected chi connectivity index (χ3v) is 4.27. The van der Waals surface area contributed by atoms with Crippen molar-refractivity contribution in [3.63, 3.8) is 0 Å². The molecule has 1 aliphatic rings. The van der Waals surface area contributed by atoms with Gasteiger partial charge < -0.3 is 10.0 Å². The number of carbonyl (C=O) groups excluding carboxylic acids is 1. The number of thioether (sulfide) groups is 1. The molecule has 0 spiro atoms. The lowest BCUT2D eigenvalue weighted by molar-refractivity contribution is -0.137. The maximum atomic E-state index is 12.6. The summed E-state index contributed by atoms with van der Waals surface area (Å²) >= 11 is 7.65. The number of carbonyl (C=O) groups is 2. The Morgan fingerprint density at radius 1 is 1.45 bits per heavy atom. The Morgan fingerprint density at radius 2 is 2.15 bits per heavy atom. The van der Waals surface area contributed by atoms with Gasteiger partial charge in [-0.15, -0.1) is 11.8 Å². The Bertz CT molecular complexity index is 531. The maximum absolute atomic E-state index is 12.6. The Morgan fingerprint density at radius 3 is 2.70 bits per heavy atom. The summed E-state index contributed by atoms with van der Waals surface area (Å²) in [7, 11) is 0. The van der Waals surface area contributed by atoms with Gasteiger partial charge >= 0.3 is 5.97 Å². The standard InChI is InChI=1S/C14H16ClNO3S/c1-20-10-4-5-12(15)11(8-10)14(19)16(9-2-3-9)7-6-13(17)18/h4-5,8-9H,2-3,6-7H2,1H3,(H,17,18). The first-order valence-electron chi connectivity index (χ1n) is 6.39. The van der Waals surface area contributed by atoms with Gasteiger partial charge in [-0.3, -0.25) is 9.59 Å². The van der Waals surface area contributed by atoms with Gasteiger partial charge in [0.05, 0.1) is 17.0 Å². The molecule has 0 heterocycles. The van der Waals surface area contributed by atoms with Crippen molar-refractivity contribution in [3.8, 4) is 0 Å². The van der Waals surface area contributed by atoms with Crippen molar-refractivity contribution in [1.29, 1.82) is 0 Å². The smallest absolute Gasteiger partial charge is 0.305 e. The molecule has 2 rings (SSSR count). The van der Waals surface area contributed by atoms with Crippen LogP contribution in [0.15, 0.2) is 23.1 Å². The van der Waals surface area contributed by atoms with Crippen LogP contribution >= 0.6 is 23.4 Å². The first-order chi connectivity index (χ1) is 9.52. The number of halogens is 1. The summed E-state index contributed by atoms with van der Waals surface area (Å²) in [5.41, 5.74) is 0.454. The molecule has 0 bridgehead atoms. The van der Waals surface area contributed by atoms with Gasteiger partial charge in [0.15, 0.2) is 0 Å². The molecule has 0 radical (unpaired) electrons. The van der Waals surface area contributed by atoms with E-state index in [0.717, 1.165) is 17.7 Å². The molecule has 1 aliphatic carbocycles. The van der Waals surface area contributed by atoms with E-state index in [-0.39, 0.29) is 24.9 Å². The molecule has 6 heteroatoms. The molecule has 0 aliphatic heterocycles. The summed E-state index contributed by atoms with van der Waals surface area (Å²) in [6.45, 7) is 0.235. The van der Waals surface area contributed by atoms with E-state index in [1.165, 1.54) is 11.8 Å². The number of carboxylic acids is 1. The highest BCUT2D eigenvalue weighted by atomic mass is 35.5. The molecular weight excluding hydrogens is 298 g/mol. The Kier molecular flexibility index (Phi) is 4.94. The minimum absolute atomic E-state index is 0.0396. The predicted octanol–water partition coefficient (Wildman–Crippen LogP) is 3.14. The fourth-order valence-electron chi connectivity index (χ4n) is 2.00. The number of nitrogens with zero attached hydrogens (tertiary/aromatic N) is 1. The number of amides is 1. The minimum atomic E-state index is -0.896. The highest BCUT2D eigenvalue weighted by Crippen LogP contribution is 2.31. The molecule has 1 N–H and O–H groups in total. The van der Waals surface area contributed by atoms with E-state index in [0.29, 0.717) is 10.6 Å². The van der Waals surface area contributed by atoms with Gasteiger partial charge in [-0.2, -0.15) is 0 Å². The first kappa shape index (κ1) is 15.2. The summed E-state index contributed by atoms with van der Waals surface area (Å²) in [5, 5.41) is 9.20. The number of hydrogen-bond acceptors (Lipinski definition) is 3. The molecule has 1 aromatic carbocycles. The predicted molar refractivity (Wildman–Crippen MR) is 79.5 cm³/mol. The first-order valence-corrected chi connectivity index (χ1v) is 7.99. The molecule has 0 aromatic heterocycles. The molecule has 1 fully saturated rings. The topological polar surface area (TPSA) is 57.6 Å². The molecule has 1 aromatic rings. The molecular formula is C14H16ClNO3S. The third-order valence-electron chi connectivity index (χ3n) is 3.22. The Labute approximate surface area is 127 Å². The van der Waals surface area contributed by atoms with E-state index in [2.05, 4.69) is 0 Å². The summed E-state index contributed by atoms with van der Waals surface area (Å²) in [6.07, 6.45) is 3.76.